The van der Waals surface area contributed by atoms with Gasteiger partial charge in [-0.25, -0.2) is 0 Å². The quantitative estimate of drug-likeness (QED) is 0.862. The third kappa shape index (κ3) is 4.95. The zero-order valence-corrected chi connectivity index (χ0v) is 14.6. The average molecular weight is 344 g/mol. The molecule has 0 bridgehead atoms. The summed E-state index contributed by atoms with van der Waals surface area (Å²) in [5, 5.41) is 8.55. The first kappa shape index (κ1) is 17.7. The molecule has 2 saturated heterocycles. The predicted octanol–water partition coefficient (Wildman–Crippen LogP) is 2.25. The molecule has 0 spiro atoms. The van der Waals surface area contributed by atoms with Crippen molar-refractivity contribution in [3.8, 4) is 0 Å². The number of hydrogen-bond donors (Lipinski definition) is 2. The van der Waals surface area contributed by atoms with Crippen molar-refractivity contribution in [2.45, 2.75) is 38.3 Å². The number of nitrogens with one attached hydrogen (secondary N) is 2. The maximum absolute atomic E-state index is 12.0. The number of piperidine rings is 1. The number of carbonyl (C=O) groups excluding carboxylic acids is 1. The van der Waals surface area contributed by atoms with Gasteiger partial charge in [0.15, 0.2) is 0 Å². The lowest BCUT2D eigenvalue weighted by Crippen LogP contribution is -2.45. The molecule has 0 radical (unpaired) electrons. The first-order valence-corrected chi connectivity index (χ1v) is 8.95. The van der Waals surface area contributed by atoms with Gasteiger partial charge in [-0.15, -0.1) is 23.7 Å². The molecule has 1 aromatic rings. The number of rotatable bonds is 5. The van der Waals surface area contributed by atoms with Crippen molar-refractivity contribution in [1.29, 1.82) is 0 Å². The van der Waals surface area contributed by atoms with Gasteiger partial charge in [0.2, 0.25) is 5.91 Å². The minimum Gasteiger partial charge on any atom is -0.354 e. The Kier molecular flexibility index (Phi) is 7.15. The summed E-state index contributed by atoms with van der Waals surface area (Å²) in [4.78, 5) is 16.0. The molecule has 2 aliphatic rings. The highest BCUT2D eigenvalue weighted by atomic mass is 35.5. The molecule has 6 heteroatoms. The van der Waals surface area contributed by atoms with Gasteiger partial charge in [-0.05, 0) is 56.1 Å². The molecule has 2 fully saturated rings. The van der Waals surface area contributed by atoms with Gasteiger partial charge in [0.1, 0.15) is 0 Å². The monoisotopic (exact) mass is 343 g/mol. The Morgan fingerprint density at radius 2 is 2.32 bits per heavy atom. The molecule has 124 valence electrons. The molecule has 2 aliphatic heterocycles. The van der Waals surface area contributed by atoms with Crippen molar-refractivity contribution in [3.63, 3.8) is 0 Å². The smallest absolute Gasteiger partial charge is 0.237 e. The number of halogens is 1. The van der Waals surface area contributed by atoms with E-state index in [1.807, 2.05) is 11.3 Å². The van der Waals surface area contributed by atoms with E-state index in [9.17, 15) is 4.79 Å². The number of carbonyl (C=O) groups is 1. The van der Waals surface area contributed by atoms with Gasteiger partial charge in [0, 0.05) is 24.5 Å². The zero-order chi connectivity index (χ0) is 14.5. The molecule has 3 rings (SSSR count). The van der Waals surface area contributed by atoms with Gasteiger partial charge in [-0.2, -0.15) is 0 Å². The lowest BCUT2D eigenvalue weighted by atomic mass is 9.97. The zero-order valence-electron chi connectivity index (χ0n) is 12.9. The first-order valence-electron chi connectivity index (χ1n) is 8.07. The van der Waals surface area contributed by atoms with Crippen LogP contribution in [0.1, 0.15) is 30.6 Å². The molecule has 0 aromatic carbocycles. The van der Waals surface area contributed by atoms with Crippen molar-refractivity contribution in [2.24, 2.45) is 5.92 Å². The lowest BCUT2D eigenvalue weighted by Gasteiger charge is -2.32. The van der Waals surface area contributed by atoms with Crippen LogP contribution in [-0.2, 0) is 11.3 Å². The van der Waals surface area contributed by atoms with Crippen LogP contribution in [0.4, 0.5) is 0 Å². The Labute approximate surface area is 143 Å². The minimum absolute atomic E-state index is 0. The fraction of sp³-hybridized carbons (Fsp3) is 0.688. The van der Waals surface area contributed by atoms with Gasteiger partial charge < -0.3 is 10.6 Å². The van der Waals surface area contributed by atoms with Crippen molar-refractivity contribution in [2.75, 3.05) is 26.2 Å². The summed E-state index contributed by atoms with van der Waals surface area (Å²) in [7, 11) is 0. The van der Waals surface area contributed by atoms with Gasteiger partial charge in [0.25, 0.3) is 0 Å². The van der Waals surface area contributed by atoms with E-state index < -0.39 is 0 Å². The second-order valence-corrected chi connectivity index (χ2v) is 7.25. The fourth-order valence-corrected chi connectivity index (χ4v) is 4.11. The van der Waals surface area contributed by atoms with Crippen LogP contribution in [0.5, 0.6) is 0 Å². The average Bonchev–Trinajstić information content (AvgIpc) is 3.18. The highest BCUT2D eigenvalue weighted by molar-refractivity contribution is 7.09. The van der Waals surface area contributed by atoms with Crippen LogP contribution in [0.15, 0.2) is 17.5 Å². The van der Waals surface area contributed by atoms with Crippen LogP contribution in [0.2, 0.25) is 0 Å². The summed E-state index contributed by atoms with van der Waals surface area (Å²) in [6.07, 6.45) is 4.59. The minimum atomic E-state index is 0. The number of amides is 1. The maximum atomic E-state index is 12.0. The summed E-state index contributed by atoms with van der Waals surface area (Å²) in [5.41, 5.74) is 0. The molecular formula is C16H26ClN3OS. The molecule has 1 unspecified atom stereocenters. The van der Waals surface area contributed by atoms with E-state index in [0.717, 1.165) is 39.0 Å². The van der Waals surface area contributed by atoms with Gasteiger partial charge in [-0.3, -0.25) is 9.69 Å². The third-order valence-electron chi connectivity index (χ3n) is 4.50. The van der Waals surface area contributed by atoms with Gasteiger partial charge in [-0.1, -0.05) is 6.07 Å². The number of likely N-dealkylation sites (tertiary alicyclic amines) is 1. The van der Waals surface area contributed by atoms with E-state index in [4.69, 9.17) is 0 Å². The van der Waals surface area contributed by atoms with Crippen molar-refractivity contribution in [3.05, 3.63) is 22.4 Å². The SMILES string of the molecule is Cl.O=C(NCC1CCCN(Cc2cccs2)C1)[C@@H]1CCCN1. The van der Waals surface area contributed by atoms with Gasteiger partial charge in [0.05, 0.1) is 6.04 Å². The van der Waals surface area contributed by atoms with Crippen LogP contribution in [-0.4, -0.2) is 43.0 Å². The van der Waals surface area contributed by atoms with E-state index in [1.165, 1.54) is 24.3 Å². The van der Waals surface area contributed by atoms with Crippen LogP contribution >= 0.6 is 23.7 Å². The number of thiophene rings is 1. The van der Waals surface area contributed by atoms with Crippen molar-refractivity contribution in [1.82, 2.24) is 15.5 Å². The second-order valence-electron chi connectivity index (χ2n) is 6.22. The molecule has 0 saturated carbocycles. The summed E-state index contributed by atoms with van der Waals surface area (Å²) in [6, 6.07) is 4.38. The number of hydrogen-bond acceptors (Lipinski definition) is 4. The normalized spacial score (nSPS) is 25.6. The molecular weight excluding hydrogens is 318 g/mol. The second kappa shape index (κ2) is 8.87. The van der Waals surface area contributed by atoms with E-state index in [0.29, 0.717) is 5.92 Å². The summed E-state index contributed by atoms with van der Waals surface area (Å²) in [5.74, 6) is 0.798. The molecule has 3 heterocycles. The standard InChI is InChI=1S/C16H25N3OS.ClH/c20-16(15-6-1-7-17-15)18-10-13-4-2-8-19(11-13)12-14-5-3-9-21-14;/h3,5,9,13,15,17H,1-2,4,6-8,10-12H2,(H,18,20);1H/t13?,15-;/m0./s1. The molecule has 0 aliphatic carbocycles. The molecule has 2 atom stereocenters. The molecule has 22 heavy (non-hydrogen) atoms. The van der Waals surface area contributed by atoms with E-state index in [2.05, 4.69) is 33.0 Å². The summed E-state index contributed by atoms with van der Waals surface area (Å²) >= 11 is 1.83. The van der Waals surface area contributed by atoms with E-state index in [-0.39, 0.29) is 24.4 Å². The predicted molar refractivity (Wildman–Crippen MR) is 93.6 cm³/mol. The fourth-order valence-electron chi connectivity index (χ4n) is 3.36. The Hall–Kier alpha value is -0.620. The van der Waals surface area contributed by atoms with Crippen LogP contribution in [0.25, 0.3) is 0 Å². The molecule has 2 N–H and O–H groups in total. The topological polar surface area (TPSA) is 44.4 Å². The summed E-state index contributed by atoms with van der Waals surface area (Å²) < 4.78 is 0. The lowest BCUT2D eigenvalue weighted by molar-refractivity contribution is -0.123. The Balaban J connectivity index is 0.00000176. The maximum Gasteiger partial charge on any atom is 0.237 e. The number of nitrogens with zero attached hydrogens (tertiary/aromatic N) is 1. The van der Waals surface area contributed by atoms with Crippen LogP contribution in [0.3, 0.4) is 0 Å². The molecule has 4 nitrogen and oxygen atoms in total. The van der Waals surface area contributed by atoms with Crippen LogP contribution in [0, 0.1) is 5.92 Å². The van der Waals surface area contributed by atoms with Gasteiger partial charge >= 0.3 is 0 Å². The van der Waals surface area contributed by atoms with E-state index in [1.54, 1.807) is 0 Å². The Morgan fingerprint density at radius 1 is 1.41 bits per heavy atom. The largest absolute Gasteiger partial charge is 0.354 e. The highest BCUT2D eigenvalue weighted by Crippen LogP contribution is 2.20. The molecule has 1 aromatic heterocycles. The Bertz CT molecular complexity index is 448. The van der Waals surface area contributed by atoms with Crippen LogP contribution < -0.4 is 10.6 Å². The van der Waals surface area contributed by atoms with Crippen molar-refractivity contribution < 1.29 is 4.79 Å². The van der Waals surface area contributed by atoms with Crippen molar-refractivity contribution >= 4 is 29.7 Å². The Morgan fingerprint density at radius 3 is 3.05 bits per heavy atom. The highest BCUT2D eigenvalue weighted by Gasteiger charge is 2.24. The van der Waals surface area contributed by atoms with E-state index >= 15 is 0 Å². The first-order chi connectivity index (χ1) is 10.3. The third-order valence-corrected chi connectivity index (χ3v) is 5.37. The summed E-state index contributed by atoms with van der Waals surface area (Å²) in [6.45, 7) is 5.17. The molecule has 1 amide bonds.